The van der Waals surface area contributed by atoms with E-state index in [4.69, 9.17) is 16.3 Å². The number of nitrogens with one attached hydrogen (secondary N) is 1. The fourth-order valence-electron chi connectivity index (χ4n) is 1.91. The van der Waals surface area contributed by atoms with Gasteiger partial charge in [0.05, 0.1) is 12.8 Å². The Morgan fingerprint density at radius 1 is 1.32 bits per heavy atom. The van der Waals surface area contributed by atoms with E-state index in [0.29, 0.717) is 29.6 Å². The lowest BCUT2D eigenvalue weighted by Crippen LogP contribution is -2.17. The highest BCUT2D eigenvalue weighted by Crippen LogP contribution is 2.26. The molecule has 0 spiro atoms. The molecular weight excluding hydrogens is 360 g/mol. The Bertz CT molecular complexity index is 736. The van der Waals surface area contributed by atoms with Gasteiger partial charge in [-0.1, -0.05) is 11.6 Å². The van der Waals surface area contributed by atoms with Crippen LogP contribution in [0.3, 0.4) is 0 Å². The minimum Gasteiger partial charge on any atom is -0.504 e. The van der Waals surface area contributed by atoms with Crippen LogP contribution in [0.25, 0.3) is 0 Å². The Kier molecular flexibility index (Phi) is 7.63. The van der Waals surface area contributed by atoms with Crippen molar-refractivity contribution in [1.82, 2.24) is 5.43 Å². The molecule has 0 radical (unpaired) electrons. The molecule has 2 aromatic carbocycles. The zero-order chi connectivity index (χ0) is 18.1. The molecule has 0 unspecified atom stereocenters. The Labute approximate surface area is 156 Å². The average molecular weight is 379 g/mol. The van der Waals surface area contributed by atoms with Gasteiger partial charge in [0.2, 0.25) is 5.91 Å². The summed E-state index contributed by atoms with van der Waals surface area (Å²) in [4.78, 5) is 12.8. The van der Waals surface area contributed by atoms with Gasteiger partial charge in [-0.25, -0.2) is 5.43 Å². The highest BCUT2D eigenvalue weighted by Gasteiger charge is 2.03. The summed E-state index contributed by atoms with van der Waals surface area (Å²) < 4.78 is 5.30. The van der Waals surface area contributed by atoms with Crippen LogP contribution in [-0.2, 0) is 4.79 Å². The van der Waals surface area contributed by atoms with Crippen molar-refractivity contribution in [1.29, 1.82) is 0 Å². The van der Waals surface area contributed by atoms with E-state index in [1.54, 1.807) is 23.9 Å². The first-order valence-electron chi connectivity index (χ1n) is 7.74. The second-order valence-corrected chi connectivity index (χ2v) is 6.61. The third-order valence-corrected chi connectivity index (χ3v) is 4.36. The number of hydrazone groups is 1. The number of phenols is 1. The normalized spacial score (nSPS) is 10.8. The van der Waals surface area contributed by atoms with Crippen molar-refractivity contribution >= 4 is 35.5 Å². The predicted octanol–water partition coefficient (Wildman–Crippen LogP) is 4.08. The molecule has 132 valence electrons. The summed E-state index contributed by atoms with van der Waals surface area (Å²) in [5.74, 6) is 0.942. The van der Waals surface area contributed by atoms with E-state index < -0.39 is 0 Å². The van der Waals surface area contributed by atoms with E-state index >= 15 is 0 Å². The fourth-order valence-corrected chi connectivity index (χ4v) is 2.89. The zero-order valence-electron chi connectivity index (χ0n) is 13.7. The largest absolute Gasteiger partial charge is 0.504 e. The van der Waals surface area contributed by atoms with Crippen LogP contribution < -0.4 is 10.2 Å². The smallest absolute Gasteiger partial charge is 0.240 e. The van der Waals surface area contributed by atoms with E-state index in [2.05, 4.69) is 10.5 Å². The third-order valence-electron chi connectivity index (χ3n) is 3.10. The van der Waals surface area contributed by atoms with Gasteiger partial charge >= 0.3 is 0 Å². The molecule has 0 fully saturated rings. The lowest BCUT2D eigenvalue weighted by atomic mass is 10.2. The van der Waals surface area contributed by atoms with Gasteiger partial charge in [-0.05, 0) is 55.0 Å². The number of carbonyl (C=O) groups excluding carboxylic acids is 1. The fraction of sp³-hybridized carbons (Fsp3) is 0.222. The average Bonchev–Trinajstić information content (AvgIpc) is 2.60. The summed E-state index contributed by atoms with van der Waals surface area (Å²) in [6.07, 6.45) is 1.86. The second kappa shape index (κ2) is 9.96. The molecule has 0 aliphatic carbocycles. The Morgan fingerprint density at radius 3 is 2.80 bits per heavy atom. The van der Waals surface area contributed by atoms with E-state index in [1.165, 1.54) is 12.3 Å². The number of amides is 1. The van der Waals surface area contributed by atoms with Crippen LogP contribution in [0.2, 0.25) is 5.02 Å². The predicted molar refractivity (Wildman–Crippen MR) is 102 cm³/mol. The summed E-state index contributed by atoms with van der Waals surface area (Å²) in [6.45, 7) is 2.29. The van der Waals surface area contributed by atoms with Gasteiger partial charge in [-0.2, -0.15) is 5.10 Å². The maximum absolute atomic E-state index is 11.8. The summed E-state index contributed by atoms with van der Waals surface area (Å²) in [5.41, 5.74) is 3.20. The Morgan fingerprint density at radius 2 is 2.08 bits per heavy atom. The Balaban J connectivity index is 1.76. The molecule has 7 heteroatoms. The maximum atomic E-state index is 11.8. The first-order valence-corrected chi connectivity index (χ1v) is 9.11. The van der Waals surface area contributed by atoms with Crippen molar-refractivity contribution in [3.63, 3.8) is 0 Å². The molecule has 0 saturated heterocycles. The minimum absolute atomic E-state index is 0.0715. The first-order chi connectivity index (χ1) is 12.1. The molecule has 2 N–H and O–H groups in total. The number of hydrogen-bond donors (Lipinski definition) is 2. The molecule has 0 bridgehead atoms. The molecule has 0 aliphatic heterocycles. The number of thioether (sulfide) groups is 1. The number of benzene rings is 2. The molecule has 0 atom stereocenters. The molecular formula is C18H19ClN2O3S. The van der Waals surface area contributed by atoms with Gasteiger partial charge in [-0.15, -0.1) is 11.8 Å². The number of halogens is 1. The number of rotatable bonds is 8. The highest BCUT2D eigenvalue weighted by atomic mass is 35.5. The van der Waals surface area contributed by atoms with Crippen LogP contribution in [0, 0.1) is 0 Å². The van der Waals surface area contributed by atoms with Crippen molar-refractivity contribution in [2.75, 3.05) is 12.4 Å². The van der Waals surface area contributed by atoms with Crippen LogP contribution in [0.5, 0.6) is 11.5 Å². The lowest BCUT2D eigenvalue weighted by Gasteiger charge is -2.06. The SMILES string of the molecule is CCOc1cc(/C=N/NC(=O)CCSc2ccc(Cl)cc2)ccc1O. The van der Waals surface area contributed by atoms with Gasteiger partial charge in [0, 0.05) is 22.1 Å². The van der Waals surface area contributed by atoms with Crippen molar-refractivity contribution < 1.29 is 14.6 Å². The molecule has 25 heavy (non-hydrogen) atoms. The van der Waals surface area contributed by atoms with Gasteiger partial charge in [-0.3, -0.25) is 4.79 Å². The van der Waals surface area contributed by atoms with Crippen LogP contribution >= 0.6 is 23.4 Å². The van der Waals surface area contributed by atoms with E-state index in [9.17, 15) is 9.90 Å². The highest BCUT2D eigenvalue weighted by molar-refractivity contribution is 7.99. The third kappa shape index (κ3) is 6.68. The molecule has 0 saturated carbocycles. The monoisotopic (exact) mass is 378 g/mol. The van der Waals surface area contributed by atoms with Gasteiger partial charge in [0.1, 0.15) is 0 Å². The summed E-state index contributed by atoms with van der Waals surface area (Å²) in [5, 5.41) is 14.3. The van der Waals surface area contributed by atoms with Crippen molar-refractivity contribution in [2.24, 2.45) is 5.10 Å². The molecule has 0 aromatic heterocycles. The number of hydrogen-bond acceptors (Lipinski definition) is 5. The number of nitrogens with zero attached hydrogens (tertiary/aromatic N) is 1. The zero-order valence-corrected chi connectivity index (χ0v) is 15.3. The van der Waals surface area contributed by atoms with E-state index in [1.807, 2.05) is 31.2 Å². The second-order valence-electron chi connectivity index (χ2n) is 5.01. The molecule has 0 aliphatic rings. The number of aromatic hydroxyl groups is 1. The first kappa shape index (κ1) is 19.1. The van der Waals surface area contributed by atoms with Crippen molar-refractivity contribution in [2.45, 2.75) is 18.2 Å². The van der Waals surface area contributed by atoms with Crippen LogP contribution in [0.4, 0.5) is 0 Å². The van der Waals surface area contributed by atoms with E-state index in [-0.39, 0.29) is 11.7 Å². The summed E-state index contributed by atoms with van der Waals surface area (Å²) in [6, 6.07) is 12.4. The van der Waals surface area contributed by atoms with Gasteiger partial charge in [0.25, 0.3) is 0 Å². The summed E-state index contributed by atoms with van der Waals surface area (Å²) in [7, 11) is 0. The maximum Gasteiger partial charge on any atom is 0.240 e. The van der Waals surface area contributed by atoms with Gasteiger partial charge in [0.15, 0.2) is 11.5 Å². The molecule has 2 aromatic rings. The number of phenolic OH excluding ortho intramolecular Hbond substituents is 1. The number of carbonyl (C=O) groups is 1. The summed E-state index contributed by atoms with van der Waals surface area (Å²) >= 11 is 7.41. The quantitative estimate of drug-likeness (QED) is 0.412. The van der Waals surface area contributed by atoms with Crippen molar-refractivity contribution in [3.8, 4) is 11.5 Å². The number of ether oxygens (including phenoxy) is 1. The standard InChI is InChI=1S/C18H19ClN2O3S/c1-2-24-17-11-13(3-8-16(17)22)12-20-21-18(23)9-10-25-15-6-4-14(19)5-7-15/h3-8,11-12,22H,2,9-10H2,1H3,(H,21,23)/b20-12+. The Hall–Kier alpha value is -2.18. The van der Waals surface area contributed by atoms with E-state index in [0.717, 1.165) is 10.5 Å². The topological polar surface area (TPSA) is 70.9 Å². The molecule has 5 nitrogen and oxygen atoms in total. The van der Waals surface area contributed by atoms with Crippen LogP contribution in [0.1, 0.15) is 18.9 Å². The van der Waals surface area contributed by atoms with Crippen LogP contribution in [-0.4, -0.2) is 29.6 Å². The minimum atomic E-state index is -0.165. The van der Waals surface area contributed by atoms with Gasteiger partial charge < -0.3 is 9.84 Å². The van der Waals surface area contributed by atoms with Crippen LogP contribution in [0.15, 0.2) is 52.5 Å². The van der Waals surface area contributed by atoms with Crippen molar-refractivity contribution in [3.05, 3.63) is 53.1 Å². The molecule has 2 rings (SSSR count). The molecule has 1 amide bonds. The lowest BCUT2D eigenvalue weighted by molar-refractivity contribution is -0.120. The molecule has 0 heterocycles.